The highest BCUT2D eigenvalue weighted by Gasteiger charge is 2.80. The molecule has 1 aromatic heterocycles. The molecule has 118 valence electrons. The Morgan fingerprint density at radius 2 is 2.00 bits per heavy atom. The van der Waals surface area contributed by atoms with Crippen molar-refractivity contribution in [3.05, 3.63) is 11.7 Å². The van der Waals surface area contributed by atoms with E-state index >= 15 is 0 Å². The van der Waals surface area contributed by atoms with E-state index < -0.39 is 0 Å². The molecule has 5 aliphatic carbocycles. The Morgan fingerprint density at radius 3 is 2.82 bits per heavy atom. The highest BCUT2D eigenvalue weighted by atomic mass is 16.5. The lowest BCUT2D eigenvalue weighted by molar-refractivity contribution is -0.207. The fourth-order valence-electron chi connectivity index (χ4n) is 7.42. The van der Waals surface area contributed by atoms with Gasteiger partial charge in [-0.25, -0.2) is 0 Å². The van der Waals surface area contributed by atoms with Crippen LogP contribution in [-0.2, 0) is 6.54 Å². The smallest absolute Gasteiger partial charge is 0.229 e. The number of nitrogens with one attached hydrogen (secondary N) is 1. The molecule has 0 amide bonds. The van der Waals surface area contributed by atoms with Crippen LogP contribution < -0.4 is 5.32 Å². The van der Waals surface area contributed by atoms with Gasteiger partial charge < -0.3 is 9.84 Å². The van der Waals surface area contributed by atoms with Gasteiger partial charge in [0.1, 0.15) is 0 Å². The van der Waals surface area contributed by atoms with Crippen molar-refractivity contribution < 1.29 is 4.52 Å². The first-order valence-electron chi connectivity index (χ1n) is 9.37. The van der Waals surface area contributed by atoms with Crippen LogP contribution in [0.4, 0.5) is 0 Å². The van der Waals surface area contributed by atoms with Crippen LogP contribution >= 0.6 is 0 Å². The molecule has 1 aromatic rings. The quantitative estimate of drug-likeness (QED) is 0.926. The maximum absolute atomic E-state index is 5.53. The molecule has 4 nitrogen and oxygen atoms in total. The van der Waals surface area contributed by atoms with E-state index in [2.05, 4.69) is 15.5 Å². The van der Waals surface area contributed by atoms with Crippen LogP contribution in [0, 0.1) is 23.2 Å². The third-order valence-electron chi connectivity index (χ3n) is 8.17. The van der Waals surface area contributed by atoms with Crippen molar-refractivity contribution >= 4 is 0 Å². The number of hydrogen-bond acceptors (Lipinski definition) is 4. The highest BCUT2D eigenvalue weighted by molar-refractivity contribution is 5.33. The minimum absolute atomic E-state index is 0.442. The van der Waals surface area contributed by atoms with Gasteiger partial charge in [-0.3, -0.25) is 0 Å². The average Bonchev–Trinajstić information content (AvgIpc) is 3.23. The monoisotopic (exact) mass is 299 g/mol. The zero-order valence-electron chi connectivity index (χ0n) is 13.2. The Hall–Kier alpha value is -0.900. The average molecular weight is 299 g/mol. The van der Waals surface area contributed by atoms with Crippen molar-refractivity contribution in [1.29, 1.82) is 0 Å². The first-order valence-corrected chi connectivity index (χ1v) is 9.37. The molecular weight excluding hydrogens is 274 g/mol. The molecule has 0 aromatic carbocycles. The fourth-order valence-corrected chi connectivity index (χ4v) is 7.42. The topological polar surface area (TPSA) is 51.0 Å². The van der Waals surface area contributed by atoms with Gasteiger partial charge in [0, 0.05) is 11.5 Å². The molecule has 4 heteroatoms. The van der Waals surface area contributed by atoms with Crippen molar-refractivity contribution in [1.82, 2.24) is 15.5 Å². The predicted octanol–water partition coefficient (Wildman–Crippen LogP) is 3.40. The minimum atomic E-state index is 0.442. The Bertz CT molecular complexity index is 622. The fraction of sp³-hybridized carbons (Fsp3) is 0.889. The molecule has 5 fully saturated rings. The predicted molar refractivity (Wildman–Crippen MR) is 81.1 cm³/mol. The summed E-state index contributed by atoms with van der Waals surface area (Å²) in [5.74, 6) is 5.39. The molecule has 0 aliphatic heterocycles. The summed E-state index contributed by atoms with van der Waals surface area (Å²) in [6.45, 7) is 0.810. The number of fused-ring (bicyclic) bond motifs is 1. The van der Waals surface area contributed by atoms with Crippen LogP contribution in [0.3, 0.4) is 0 Å². The number of aromatic nitrogens is 2. The molecule has 22 heavy (non-hydrogen) atoms. The second-order valence-electron chi connectivity index (χ2n) is 8.85. The second kappa shape index (κ2) is 3.95. The maximum Gasteiger partial charge on any atom is 0.229 e. The molecule has 5 saturated carbocycles. The lowest BCUT2D eigenvalue weighted by atomic mass is 9.35. The summed E-state index contributed by atoms with van der Waals surface area (Å²) in [5.41, 5.74) is 1.13. The van der Waals surface area contributed by atoms with E-state index in [4.69, 9.17) is 4.52 Å². The first-order chi connectivity index (χ1) is 10.8. The van der Waals surface area contributed by atoms with Gasteiger partial charge in [-0.1, -0.05) is 18.0 Å². The van der Waals surface area contributed by atoms with Crippen molar-refractivity contribution in [3.8, 4) is 0 Å². The summed E-state index contributed by atoms with van der Waals surface area (Å²) < 4.78 is 5.53. The van der Waals surface area contributed by atoms with Crippen molar-refractivity contribution in [2.75, 3.05) is 0 Å². The van der Waals surface area contributed by atoms with Gasteiger partial charge in [0.15, 0.2) is 5.82 Å². The Labute approximate surface area is 131 Å². The van der Waals surface area contributed by atoms with E-state index in [-0.39, 0.29) is 0 Å². The lowest BCUT2D eigenvalue weighted by Crippen LogP contribution is -2.75. The number of hydrogen-bond donors (Lipinski definition) is 1. The lowest BCUT2D eigenvalue weighted by Gasteiger charge is -2.73. The van der Waals surface area contributed by atoms with Gasteiger partial charge in [0.25, 0.3) is 0 Å². The Kier molecular flexibility index (Phi) is 2.25. The number of nitrogens with zero attached hydrogens (tertiary/aromatic N) is 2. The third-order valence-corrected chi connectivity index (χ3v) is 8.17. The summed E-state index contributed by atoms with van der Waals surface area (Å²) in [6, 6.07) is 0. The molecule has 2 bridgehead atoms. The highest BCUT2D eigenvalue weighted by Crippen LogP contribution is 2.82. The normalized spacial score (nSPS) is 48.3. The summed E-state index contributed by atoms with van der Waals surface area (Å²) >= 11 is 0. The van der Waals surface area contributed by atoms with Crippen LogP contribution in [0.25, 0.3) is 0 Å². The van der Waals surface area contributed by atoms with Gasteiger partial charge in [0.2, 0.25) is 5.89 Å². The summed E-state index contributed by atoms with van der Waals surface area (Å²) in [7, 11) is 0. The first kappa shape index (κ1) is 12.5. The zero-order valence-corrected chi connectivity index (χ0v) is 13.2. The van der Waals surface area contributed by atoms with Crippen LogP contribution in [0.15, 0.2) is 4.52 Å². The SMILES string of the molecule is C1CCC(c2nc(CNC34CC5CC6CC(C3)C64C5)no2)C1. The van der Waals surface area contributed by atoms with Crippen LogP contribution in [0.1, 0.15) is 75.4 Å². The van der Waals surface area contributed by atoms with Crippen molar-refractivity contribution in [2.24, 2.45) is 23.2 Å². The summed E-state index contributed by atoms with van der Waals surface area (Å²) in [6.07, 6.45) is 12.5. The Morgan fingerprint density at radius 1 is 1.09 bits per heavy atom. The summed E-state index contributed by atoms with van der Waals surface area (Å²) in [5, 5.41) is 8.16. The molecule has 0 saturated heterocycles. The summed E-state index contributed by atoms with van der Waals surface area (Å²) in [4.78, 5) is 4.68. The van der Waals surface area contributed by atoms with E-state index in [1.807, 2.05) is 0 Å². The van der Waals surface area contributed by atoms with Crippen LogP contribution in [0.5, 0.6) is 0 Å². The van der Waals surface area contributed by atoms with Crippen molar-refractivity contribution in [3.63, 3.8) is 0 Å². The molecular formula is C18H25N3O. The number of rotatable bonds is 4. The molecule has 1 N–H and O–H groups in total. The van der Waals surface area contributed by atoms with Gasteiger partial charge in [-0.05, 0) is 68.1 Å². The standard InChI is InChI=1S/C18H25N3O/c1-2-4-12(3-1)16-20-15(21-22-16)10-19-17-7-11-5-13-6-14(9-17)18(13,17)8-11/h11-14,19H,1-10H2. The zero-order chi connectivity index (χ0) is 14.4. The van der Waals surface area contributed by atoms with Crippen LogP contribution in [0.2, 0.25) is 0 Å². The van der Waals surface area contributed by atoms with Gasteiger partial charge in [-0.15, -0.1) is 0 Å². The van der Waals surface area contributed by atoms with E-state index in [0.717, 1.165) is 36.0 Å². The molecule has 0 radical (unpaired) electrons. The van der Waals surface area contributed by atoms with E-state index in [0.29, 0.717) is 16.9 Å². The third kappa shape index (κ3) is 1.31. The van der Waals surface area contributed by atoms with E-state index in [9.17, 15) is 0 Å². The molecule has 5 unspecified atom stereocenters. The van der Waals surface area contributed by atoms with E-state index in [1.165, 1.54) is 57.8 Å². The van der Waals surface area contributed by atoms with Crippen LogP contribution in [-0.4, -0.2) is 15.7 Å². The van der Waals surface area contributed by atoms with Gasteiger partial charge in [0.05, 0.1) is 6.54 Å². The second-order valence-corrected chi connectivity index (χ2v) is 8.85. The molecule has 5 aliphatic rings. The largest absolute Gasteiger partial charge is 0.339 e. The molecule has 5 atom stereocenters. The van der Waals surface area contributed by atoms with E-state index in [1.54, 1.807) is 0 Å². The Balaban J connectivity index is 1.18. The van der Waals surface area contributed by atoms with Gasteiger partial charge in [-0.2, -0.15) is 4.98 Å². The minimum Gasteiger partial charge on any atom is -0.339 e. The molecule has 1 spiro atoms. The molecule has 1 heterocycles. The maximum atomic E-state index is 5.53. The van der Waals surface area contributed by atoms with Gasteiger partial charge >= 0.3 is 0 Å². The molecule has 6 rings (SSSR count). The van der Waals surface area contributed by atoms with Crippen molar-refractivity contribution in [2.45, 2.75) is 75.8 Å².